The van der Waals surface area contributed by atoms with E-state index in [-0.39, 0.29) is 36.4 Å². The van der Waals surface area contributed by atoms with E-state index in [1.807, 2.05) is 61.5 Å². The Balaban J connectivity index is 1.32. The molecule has 0 aliphatic carbocycles. The van der Waals surface area contributed by atoms with E-state index in [1.54, 1.807) is 4.90 Å². The standard InChI is InChI=1S/C26H29N3O5/c1-2-32-23-10-6-7-11-24(23)34-21-14-16-28(17-15-21)26(31)22-12-13-25(30)29(27-22)18-19-33-20-8-4-3-5-9-20/h3-13,21H,2,14-19H2,1H3. The summed E-state index contributed by atoms with van der Waals surface area (Å²) in [6, 6.07) is 19.8. The van der Waals surface area contributed by atoms with Crippen LogP contribution in [-0.2, 0) is 6.54 Å². The molecule has 4 rings (SSSR count). The number of benzene rings is 2. The van der Waals surface area contributed by atoms with Gasteiger partial charge in [-0.3, -0.25) is 9.59 Å². The Kier molecular flexibility index (Phi) is 7.80. The van der Waals surface area contributed by atoms with Crippen LogP contribution in [0.1, 0.15) is 30.3 Å². The van der Waals surface area contributed by atoms with E-state index >= 15 is 0 Å². The summed E-state index contributed by atoms with van der Waals surface area (Å²) in [7, 11) is 0. The van der Waals surface area contributed by atoms with Crippen molar-refractivity contribution in [3.05, 3.63) is 82.8 Å². The molecular formula is C26H29N3O5. The number of amides is 1. The third-order valence-electron chi connectivity index (χ3n) is 5.57. The second kappa shape index (κ2) is 11.4. The number of aromatic nitrogens is 2. The van der Waals surface area contributed by atoms with Gasteiger partial charge in [0.15, 0.2) is 11.5 Å². The third kappa shape index (κ3) is 5.95. The summed E-state index contributed by atoms with van der Waals surface area (Å²) in [6.07, 6.45) is 1.41. The van der Waals surface area contributed by atoms with Crippen LogP contribution in [0.3, 0.4) is 0 Å². The van der Waals surface area contributed by atoms with Gasteiger partial charge < -0.3 is 19.1 Å². The molecule has 0 bridgehead atoms. The minimum atomic E-state index is -0.270. The van der Waals surface area contributed by atoms with Gasteiger partial charge in [0, 0.05) is 32.0 Å². The Labute approximate surface area is 198 Å². The molecular weight excluding hydrogens is 434 g/mol. The number of hydrogen-bond acceptors (Lipinski definition) is 6. The van der Waals surface area contributed by atoms with Gasteiger partial charge in [-0.15, -0.1) is 0 Å². The first-order chi connectivity index (χ1) is 16.6. The van der Waals surface area contributed by atoms with Crippen LogP contribution in [-0.4, -0.2) is 53.0 Å². The van der Waals surface area contributed by atoms with E-state index in [0.29, 0.717) is 32.5 Å². The van der Waals surface area contributed by atoms with Crippen LogP contribution in [0.4, 0.5) is 0 Å². The molecule has 8 nitrogen and oxygen atoms in total. The SMILES string of the molecule is CCOc1ccccc1OC1CCN(C(=O)c2ccc(=O)n(CCOc3ccccc3)n2)CC1. The lowest BCUT2D eigenvalue weighted by Gasteiger charge is -2.32. The topological polar surface area (TPSA) is 82.9 Å². The fourth-order valence-electron chi connectivity index (χ4n) is 3.83. The number of para-hydroxylation sites is 3. The minimum Gasteiger partial charge on any atom is -0.492 e. The van der Waals surface area contributed by atoms with Crippen LogP contribution in [0.15, 0.2) is 71.5 Å². The number of carbonyl (C=O) groups excluding carboxylic acids is 1. The molecule has 3 aromatic rings. The fourth-order valence-corrected chi connectivity index (χ4v) is 3.83. The monoisotopic (exact) mass is 463 g/mol. The van der Waals surface area contributed by atoms with Crippen molar-refractivity contribution in [3.8, 4) is 17.2 Å². The lowest BCUT2D eigenvalue weighted by molar-refractivity contribution is 0.0581. The molecule has 1 aromatic heterocycles. The van der Waals surface area contributed by atoms with Gasteiger partial charge >= 0.3 is 0 Å². The molecule has 178 valence electrons. The molecule has 1 saturated heterocycles. The predicted molar refractivity (Wildman–Crippen MR) is 128 cm³/mol. The van der Waals surface area contributed by atoms with Crippen LogP contribution in [0.2, 0.25) is 0 Å². The molecule has 2 heterocycles. The second-order valence-corrected chi connectivity index (χ2v) is 7.93. The van der Waals surface area contributed by atoms with Crippen molar-refractivity contribution in [2.24, 2.45) is 0 Å². The highest BCUT2D eigenvalue weighted by Crippen LogP contribution is 2.29. The average molecular weight is 464 g/mol. The third-order valence-corrected chi connectivity index (χ3v) is 5.57. The summed E-state index contributed by atoms with van der Waals surface area (Å²) in [5.41, 5.74) is -0.0198. The van der Waals surface area contributed by atoms with Gasteiger partial charge in [0.1, 0.15) is 24.2 Å². The summed E-state index contributed by atoms with van der Waals surface area (Å²) >= 11 is 0. The number of ether oxygens (including phenoxy) is 3. The van der Waals surface area contributed by atoms with Gasteiger partial charge in [0.2, 0.25) is 0 Å². The summed E-state index contributed by atoms with van der Waals surface area (Å²) in [4.78, 5) is 27.0. The van der Waals surface area contributed by atoms with Crippen LogP contribution in [0, 0.1) is 0 Å². The molecule has 8 heteroatoms. The van der Waals surface area contributed by atoms with Crippen molar-refractivity contribution in [1.82, 2.24) is 14.7 Å². The largest absolute Gasteiger partial charge is 0.492 e. The number of piperidine rings is 1. The smallest absolute Gasteiger partial charge is 0.274 e. The van der Waals surface area contributed by atoms with Crippen LogP contribution in [0.5, 0.6) is 17.2 Å². The maximum Gasteiger partial charge on any atom is 0.274 e. The Hall–Kier alpha value is -3.81. The Morgan fingerprint density at radius 2 is 1.65 bits per heavy atom. The lowest BCUT2D eigenvalue weighted by Crippen LogP contribution is -2.42. The van der Waals surface area contributed by atoms with E-state index in [4.69, 9.17) is 14.2 Å². The highest BCUT2D eigenvalue weighted by Gasteiger charge is 2.26. The molecule has 0 unspecified atom stereocenters. The van der Waals surface area contributed by atoms with Gasteiger partial charge in [-0.2, -0.15) is 5.10 Å². The normalized spacial score (nSPS) is 14.0. The average Bonchev–Trinajstić information content (AvgIpc) is 2.87. The van der Waals surface area contributed by atoms with Crippen molar-refractivity contribution >= 4 is 5.91 Å². The maximum atomic E-state index is 13.0. The number of likely N-dealkylation sites (tertiary alicyclic amines) is 1. The van der Waals surface area contributed by atoms with Gasteiger partial charge in [-0.25, -0.2) is 4.68 Å². The van der Waals surface area contributed by atoms with E-state index in [0.717, 1.165) is 17.2 Å². The first-order valence-corrected chi connectivity index (χ1v) is 11.6. The highest BCUT2D eigenvalue weighted by atomic mass is 16.5. The zero-order valence-corrected chi connectivity index (χ0v) is 19.3. The minimum absolute atomic E-state index is 0.00250. The Morgan fingerprint density at radius 1 is 0.941 bits per heavy atom. The van der Waals surface area contributed by atoms with Gasteiger partial charge in [-0.05, 0) is 37.3 Å². The van der Waals surface area contributed by atoms with E-state index in [2.05, 4.69) is 5.10 Å². The second-order valence-electron chi connectivity index (χ2n) is 7.93. The number of rotatable bonds is 9. The molecule has 34 heavy (non-hydrogen) atoms. The summed E-state index contributed by atoms with van der Waals surface area (Å²) < 4.78 is 18.7. The molecule has 2 aromatic carbocycles. The number of nitrogens with zero attached hydrogens (tertiary/aromatic N) is 3. The summed E-state index contributed by atoms with van der Waals surface area (Å²) in [5.74, 6) is 1.98. The lowest BCUT2D eigenvalue weighted by atomic mass is 10.1. The molecule has 1 aliphatic heterocycles. The Morgan fingerprint density at radius 3 is 2.38 bits per heavy atom. The van der Waals surface area contributed by atoms with E-state index in [9.17, 15) is 9.59 Å². The van der Waals surface area contributed by atoms with E-state index < -0.39 is 0 Å². The fraction of sp³-hybridized carbons (Fsp3) is 0.346. The van der Waals surface area contributed by atoms with Crippen LogP contribution < -0.4 is 19.8 Å². The Bertz CT molecular complexity index is 1140. The van der Waals surface area contributed by atoms with Crippen LogP contribution >= 0.6 is 0 Å². The van der Waals surface area contributed by atoms with Crippen molar-refractivity contribution in [2.45, 2.75) is 32.4 Å². The summed E-state index contributed by atoms with van der Waals surface area (Å²) in [6.45, 7) is 4.15. The van der Waals surface area contributed by atoms with Gasteiger partial charge in [-0.1, -0.05) is 30.3 Å². The predicted octanol–water partition coefficient (Wildman–Crippen LogP) is 3.40. The number of hydrogen-bond donors (Lipinski definition) is 0. The quantitative estimate of drug-likeness (QED) is 0.484. The van der Waals surface area contributed by atoms with Gasteiger partial charge in [0.05, 0.1) is 13.2 Å². The molecule has 0 spiro atoms. The zero-order valence-electron chi connectivity index (χ0n) is 19.3. The highest BCUT2D eigenvalue weighted by molar-refractivity contribution is 5.92. The number of carbonyl (C=O) groups is 1. The zero-order chi connectivity index (χ0) is 23.8. The van der Waals surface area contributed by atoms with E-state index in [1.165, 1.54) is 16.8 Å². The molecule has 0 atom stereocenters. The summed E-state index contributed by atoms with van der Waals surface area (Å²) in [5, 5.41) is 4.28. The van der Waals surface area contributed by atoms with Crippen molar-refractivity contribution < 1.29 is 19.0 Å². The molecule has 1 fully saturated rings. The molecule has 0 saturated carbocycles. The molecule has 1 amide bonds. The maximum absolute atomic E-state index is 13.0. The molecule has 0 radical (unpaired) electrons. The van der Waals surface area contributed by atoms with Crippen molar-refractivity contribution in [1.29, 1.82) is 0 Å². The first kappa shape index (κ1) is 23.4. The van der Waals surface area contributed by atoms with Crippen molar-refractivity contribution in [2.75, 3.05) is 26.3 Å². The molecule has 0 N–H and O–H groups in total. The van der Waals surface area contributed by atoms with Crippen LogP contribution in [0.25, 0.3) is 0 Å². The van der Waals surface area contributed by atoms with Gasteiger partial charge in [0.25, 0.3) is 11.5 Å². The molecule has 1 aliphatic rings. The first-order valence-electron chi connectivity index (χ1n) is 11.6. The van der Waals surface area contributed by atoms with Crippen molar-refractivity contribution in [3.63, 3.8) is 0 Å².